The molecule has 0 spiro atoms. The molecule has 0 aliphatic rings. The van der Waals surface area contributed by atoms with Gasteiger partial charge in [0.25, 0.3) is 5.91 Å². The van der Waals surface area contributed by atoms with Crippen molar-refractivity contribution < 1.29 is 9.53 Å². The van der Waals surface area contributed by atoms with Crippen LogP contribution in [-0.2, 0) is 0 Å². The van der Waals surface area contributed by atoms with E-state index in [9.17, 15) is 4.79 Å². The van der Waals surface area contributed by atoms with Crippen molar-refractivity contribution in [2.45, 2.75) is 0 Å². The van der Waals surface area contributed by atoms with Crippen LogP contribution in [0.2, 0.25) is 0 Å². The molecule has 1 heterocycles. The second kappa shape index (κ2) is 6.51. The molecular weight excluding hydrogens is 242 g/mol. The summed E-state index contributed by atoms with van der Waals surface area (Å²) < 4.78 is 5.39. The van der Waals surface area contributed by atoms with E-state index in [0.717, 1.165) is 0 Å². The maximum atomic E-state index is 11.9. The summed E-state index contributed by atoms with van der Waals surface area (Å²) in [4.78, 5) is 15.8. The Kier molecular flexibility index (Phi) is 4.47. The fourth-order valence-electron chi connectivity index (χ4n) is 1.54. The summed E-state index contributed by atoms with van der Waals surface area (Å²) in [6.07, 6.45) is 3.14. The molecule has 0 fully saturated rings. The van der Waals surface area contributed by atoms with Crippen LogP contribution in [0.15, 0.2) is 48.8 Å². The van der Waals surface area contributed by atoms with Crippen molar-refractivity contribution in [3.05, 3.63) is 54.4 Å². The van der Waals surface area contributed by atoms with Crippen LogP contribution in [0, 0.1) is 0 Å². The number of nitrogens with one attached hydrogen (secondary N) is 1. The Morgan fingerprint density at radius 2 is 2.21 bits per heavy atom. The first-order valence-electron chi connectivity index (χ1n) is 5.94. The lowest BCUT2D eigenvalue weighted by atomic mass is 10.2. The molecular formula is C14H15N3O2. The van der Waals surface area contributed by atoms with Gasteiger partial charge in [0.15, 0.2) is 0 Å². The van der Waals surface area contributed by atoms with Crippen molar-refractivity contribution in [1.82, 2.24) is 4.98 Å². The third-order valence-corrected chi connectivity index (χ3v) is 2.40. The van der Waals surface area contributed by atoms with E-state index in [1.54, 1.807) is 30.5 Å². The summed E-state index contributed by atoms with van der Waals surface area (Å²) in [5, 5.41) is 2.78. The minimum atomic E-state index is -0.205. The summed E-state index contributed by atoms with van der Waals surface area (Å²) in [5.74, 6) is 0.471. The molecule has 1 amide bonds. The van der Waals surface area contributed by atoms with E-state index in [-0.39, 0.29) is 5.91 Å². The lowest BCUT2D eigenvalue weighted by Crippen LogP contribution is -2.13. The molecule has 0 aliphatic heterocycles. The minimum absolute atomic E-state index is 0.205. The number of hydrogen-bond donors (Lipinski definition) is 2. The summed E-state index contributed by atoms with van der Waals surface area (Å²) in [7, 11) is 0. The average Bonchev–Trinajstić information content (AvgIpc) is 2.46. The van der Waals surface area contributed by atoms with Gasteiger partial charge in [-0.2, -0.15) is 0 Å². The second-order valence-electron chi connectivity index (χ2n) is 3.86. The van der Waals surface area contributed by atoms with Crippen LogP contribution in [0.1, 0.15) is 10.4 Å². The number of benzene rings is 1. The van der Waals surface area contributed by atoms with Crippen molar-refractivity contribution in [2.24, 2.45) is 5.73 Å². The molecule has 19 heavy (non-hydrogen) atoms. The number of hydrogen-bond acceptors (Lipinski definition) is 4. The predicted octanol–water partition coefficient (Wildman–Crippen LogP) is 1.67. The highest BCUT2D eigenvalue weighted by molar-refractivity contribution is 6.04. The first kappa shape index (κ1) is 13.0. The third kappa shape index (κ3) is 3.79. The monoisotopic (exact) mass is 257 g/mol. The fraction of sp³-hybridized carbons (Fsp3) is 0.143. The molecule has 0 aliphatic carbocycles. The van der Waals surface area contributed by atoms with Gasteiger partial charge in [-0.25, -0.2) is 0 Å². The molecule has 0 radical (unpaired) electrons. The van der Waals surface area contributed by atoms with Crippen LogP contribution in [-0.4, -0.2) is 24.0 Å². The van der Waals surface area contributed by atoms with Gasteiger partial charge in [0, 0.05) is 30.7 Å². The number of nitrogens with zero attached hydrogens (tertiary/aromatic N) is 1. The van der Waals surface area contributed by atoms with Gasteiger partial charge in [0.1, 0.15) is 12.4 Å². The van der Waals surface area contributed by atoms with Gasteiger partial charge in [-0.1, -0.05) is 6.07 Å². The van der Waals surface area contributed by atoms with Crippen LogP contribution in [0.4, 0.5) is 5.69 Å². The van der Waals surface area contributed by atoms with E-state index in [1.807, 2.05) is 12.1 Å². The zero-order valence-electron chi connectivity index (χ0n) is 10.4. The van der Waals surface area contributed by atoms with Crippen molar-refractivity contribution in [3.63, 3.8) is 0 Å². The fourth-order valence-corrected chi connectivity index (χ4v) is 1.54. The topological polar surface area (TPSA) is 77.2 Å². The quantitative estimate of drug-likeness (QED) is 0.854. The number of ether oxygens (including phenoxy) is 1. The maximum absolute atomic E-state index is 11.9. The number of aromatic nitrogens is 1. The number of carbonyl (C=O) groups excluding carboxylic acids is 1. The van der Waals surface area contributed by atoms with Gasteiger partial charge in [-0.05, 0) is 24.3 Å². The lowest BCUT2D eigenvalue weighted by molar-refractivity contribution is 0.102. The molecule has 5 heteroatoms. The zero-order chi connectivity index (χ0) is 13.5. The number of nitrogens with two attached hydrogens (primary N) is 1. The molecule has 0 saturated heterocycles. The molecule has 2 aromatic rings. The van der Waals surface area contributed by atoms with Crippen molar-refractivity contribution in [2.75, 3.05) is 18.5 Å². The van der Waals surface area contributed by atoms with Gasteiger partial charge >= 0.3 is 0 Å². The van der Waals surface area contributed by atoms with Crippen LogP contribution >= 0.6 is 0 Å². The SMILES string of the molecule is NCCOc1cccc(NC(=O)c2cccnc2)c1. The van der Waals surface area contributed by atoms with Gasteiger partial charge in [0.05, 0.1) is 5.56 Å². The Morgan fingerprint density at radius 1 is 1.32 bits per heavy atom. The summed E-state index contributed by atoms with van der Waals surface area (Å²) >= 11 is 0. The molecule has 0 atom stereocenters. The summed E-state index contributed by atoms with van der Waals surface area (Å²) in [6, 6.07) is 10.6. The molecule has 1 aromatic carbocycles. The summed E-state index contributed by atoms with van der Waals surface area (Å²) in [6.45, 7) is 0.895. The average molecular weight is 257 g/mol. The summed E-state index contributed by atoms with van der Waals surface area (Å²) in [5.41, 5.74) is 6.55. The molecule has 98 valence electrons. The number of anilines is 1. The van der Waals surface area contributed by atoms with E-state index in [4.69, 9.17) is 10.5 Å². The Morgan fingerprint density at radius 3 is 2.95 bits per heavy atom. The molecule has 2 rings (SSSR count). The predicted molar refractivity (Wildman–Crippen MR) is 73.2 cm³/mol. The largest absolute Gasteiger partial charge is 0.492 e. The molecule has 0 bridgehead atoms. The highest BCUT2D eigenvalue weighted by Gasteiger charge is 2.06. The Labute approximate surface area is 111 Å². The first-order chi connectivity index (χ1) is 9.29. The standard InChI is InChI=1S/C14H15N3O2/c15-6-8-19-13-5-1-4-12(9-13)17-14(18)11-3-2-7-16-10-11/h1-5,7,9-10H,6,8,15H2,(H,17,18). The number of pyridine rings is 1. The van der Waals surface area contributed by atoms with Crippen LogP contribution in [0.3, 0.4) is 0 Å². The van der Waals surface area contributed by atoms with Crippen LogP contribution in [0.5, 0.6) is 5.75 Å². The van der Waals surface area contributed by atoms with Gasteiger partial charge < -0.3 is 15.8 Å². The zero-order valence-corrected chi connectivity index (χ0v) is 10.4. The molecule has 0 unspecified atom stereocenters. The van der Waals surface area contributed by atoms with Crippen LogP contribution in [0.25, 0.3) is 0 Å². The molecule has 3 N–H and O–H groups in total. The third-order valence-electron chi connectivity index (χ3n) is 2.40. The normalized spacial score (nSPS) is 9.95. The highest BCUT2D eigenvalue weighted by Crippen LogP contribution is 2.17. The van der Waals surface area contributed by atoms with E-state index in [2.05, 4.69) is 10.3 Å². The molecule has 5 nitrogen and oxygen atoms in total. The van der Waals surface area contributed by atoms with Gasteiger partial charge in [-0.15, -0.1) is 0 Å². The first-order valence-corrected chi connectivity index (χ1v) is 5.94. The van der Waals surface area contributed by atoms with Crippen molar-refractivity contribution in [1.29, 1.82) is 0 Å². The van der Waals surface area contributed by atoms with E-state index >= 15 is 0 Å². The minimum Gasteiger partial charge on any atom is -0.492 e. The van der Waals surface area contributed by atoms with E-state index < -0.39 is 0 Å². The van der Waals surface area contributed by atoms with Crippen molar-refractivity contribution >= 4 is 11.6 Å². The maximum Gasteiger partial charge on any atom is 0.257 e. The van der Waals surface area contributed by atoms with E-state index in [1.165, 1.54) is 6.20 Å². The molecule has 1 aromatic heterocycles. The number of carbonyl (C=O) groups is 1. The Balaban J connectivity index is 2.05. The lowest BCUT2D eigenvalue weighted by Gasteiger charge is -2.08. The van der Waals surface area contributed by atoms with E-state index in [0.29, 0.717) is 30.2 Å². The Bertz CT molecular complexity index is 543. The van der Waals surface area contributed by atoms with Crippen LogP contribution < -0.4 is 15.8 Å². The second-order valence-corrected chi connectivity index (χ2v) is 3.86. The van der Waals surface area contributed by atoms with Crippen molar-refractivity contribution in [3.8, 4) is 5.75 Å². The number of rotatable bonds is 5. The Hall–Kier alpha value is -2.40. The highest BCUT2D eigenvalue weighted by atomic mass is 16.5. The molecule has 0 saturated carbocycles. The van der Waals surface area contributed by atoms with Gasteiger partial charge in [0.2, 0.25) is 0 Å². The smallest absolute Gasteiger partial charge is 0.257 e. The van der Waals surface area contributed by atoms with Gasteiger partial charge in [-0.3, -0.25) is 9.78 Å². The number of amides is 1.